The molecule has 0 saturated heterocycles. The third kappa shape index (κ3) is 5.91. The standard InChI is InChI=1S/C23H31NO4/c1-7-19(28-20-10-8-16(4)12-17(20)5)23(25)24-14-18-9-11-21(27-15(2)3)22(13-18)26-6/h8-13,15,19H,7,14H2,1-6H3,(H,24,25). The lowest BCUT2D eigenvalue weighted by Crippen LogP contribution is -2.37. The third-order valence-electron chi connectivity index (χ3n) is 4.32. The molecule has 1 amide bonds. The summed E-state index contributed by atoms with van der Waals surface area (Å²) in [4.78, 5) is 12.6. The summed E-state index contributed by atoms with van der Waals surface area (Å²) in [6.45, 7) is 10.3. The number of hydrogen-bond acceptors (Lipinski definition) is 4. The van der Waals surface area contributed by atoms with Gasteiger partial charge in [0.15, 0.2) is 17.6 Å². The molecule has 1 N–H and O–H groups in total. The highest BCUT2D eigenvalue weighted by atomic mass is 16.5. The van der Waals surface area contributed by atoms with Gasteiger partial charge in [0.1, 0.15) is 5.75 Å². The van der Waals surface area contributed by atoms with E-state index in [1.54, 1.807) is 7.11 Å². The van der Waals surface area contributed by atoms with Gasteiger partial charge in [-0.1, -0.05) is 30.7 Å². The maximum atomic E-state index is 12.6. The van der Waals surface area contributed by atoms with Crippen molar-refractivity contribution in [2.75, 3.05) is 7.11 Å². The van der Waals surface area contributed by atoms with Gasteiger partial charge in [0.2, 0.25) is 0 Å². The second-order valence-corrected chi connectivity index (χ2v) is 7.15. The van der Waals surface area contributed by atoms with Gasteiger partial charge in [-0.15, -0.1) is 0 Å². The monoisotopic (exact) mass is 385 g/mol. The molecule has 0 aliphatic heterocycles. The molecule has 1 atom stereocenters. The SMILES string of the molecule is CCC(Oc1ccc(C)cc1C)C(=O)NCc1ccc(OC(C)C)c(OC)c1. The number of nitrogens with one attached hydrogen (secondary N) is 1. The van der Waals surface area contributed by atoms with Crippen LogP contribution in [-0.4, -0.2) is 25.2 Å². The molecule has 5 heteroatoms. The lowest BCUT2D eigenvalue weighted by atomic mass is 10.1. The molecular weight excluding hydrogens is 354 g/mol. The lowest BCUT2D eigenvalue weighted by molar-refractivity contribution is -0.128. The summed E-state index contributed by atoms with van der Waals surface area (Å²) in [6, 6.07) is 11.6. The van der Waals surface area contributed by atoms with E-state index in [9.17, 15) is 4.79 Å². The van der Waals surface area contributed by atoms with Gasteiger partial charge >= 0.3 is 0 Å². The van der Waals surface area contributed by atoms with Gasteiger partial charge in [-0.05, 0) is 63.4 Å². The van der Waals surface area contributed by atoms with Crippen LogP contribution in [0.3, 0.4) is 0 Å². The fourth-order valence-electron chi connectivity index (χ4n) is 2.88. The van der Waals surface area contributed by atoms with Crippen LogP contribution >= 0.6 is 0 Å². The first kappa shape index (κ1) is 21.6. The van der Waals surface area contributed by atoms with Crippen LogP contribution in [0.15, 0.2) is 36.4 Å². The van der Waals surface area contributed by atoms with E-state index in [1.807, 2.05) is 71.0 Å². The summed E-state index contributed by atoms with van der Waals surface area (Å²) in [5.74, 6) is 1.95. The Labute approximate surface area is 168 Å². The minimum atomic E-state index is -0.535. The predicted molar refractivity (Wildman–Crippen MR) is 111 cm³/mol. The highest BCUT2D eigenvalue weighted by Gasteiger charge is 2.19. The Balaban J connectivity index is 2.01. The average Bonchev–Trinajstić information content (AvgIpc) is 2.66. The van der Waals surface area contributed by atoms with Gasteiger partial charge in [0.05, 0.1) is 13.2 Å². The van der Waals surface area contributed by atoms with Crippen LogP contribution < -0.4 is 19.5 Å². The molecule has 1 unspecified atom stereocenters. The van der Waals surface area contributed by atoms with Crippen molar-refractivity contribution in [1.82, 2.24) is 5.32 Å². The fourth-order valence-corrected chi connectivity index (χ4v) is 2.88. The van der Waals surface area contributed by atoms with E-state index in [2.05, 4.69) is 5.32 Å². The Morgan fingerprint density at radius 1 is 1.00 bits per heavy atom. The molecule has 0 aliphatic carbocycles. The van der Waals surface area contributed by atoms with E-state index in [4.69, 9.17) is 14.2 Å². The summed E-state index contributed by atoms with van der Waals surface area (Å²) in [7, 11) is 1.61. The Hall–Kier alpha value is -2.69. The maximum absolute atomic E-state index is 12.6. The molecule has 0 aromatic heterocycles. The smallest absolute Gasteiger partial charge is 0.261 e. The highest BCUT2D eigenvalue weighted by Crippen LogP contribution is 2.29. The normalized spacial score (nSPS) is 11.8. The van der Waals surface area contributed by atoms with E-state index in [0.29, 0.717) is 24.5 Å². The predicted octanol–water partition coefficient (Wildman–Crippen LogP) is 4.57. The fraction of sp³-hybridized carbons (Fsp3) is 0.435. The number of ether oxygens (including phenoxy) is 3. The largest absolute Gasteiger partial charge is 0.493 e. The van der Waals surface area contributed by atoms with Crippen molar-refractivity contribution in [3.05, 3.63) is 53.1 Å². The summed E-state index contributed by atoms with van der Waals surface area (Å²) < 4.78 is 17.1. The Morgan fingerprint density at radius 3 is 2.32 bits per heavy atom. The second kappa shape index (κ2) is 10.0. The molecule has 2 aromatic carbocycles. The van der Waals surface area contributed by atoms with Crippen LogP contribution in [0.1, 0.15) is 43.9 Å². The van der Waals surface area contributed by atoms with Gasteiger partial charge in [-0.3, -0.25) is 4.79 Å². The van der Waals surface area contributed by atoms with E-state index in [-0.39, 0.29) is 12.0 Å². The number of carbonyl (C=O) groups is 1. The Morgan fingerprint density at radius 2 is 1.71 bits per heavy atom. The Bertz CT molecular complexity index is 801. The first-order valence-corrected chi connectivity index (χ1v) is 9.69. The number of benzene rings is 2. The number of amides is 1. The molecule has 0 saturated carbocycles. The zero-order chi connectivity index (χ0) is 20.7. The van der Waals surface area contributed by atoms with Crippen molar-refractivity contribution in [1.29, 1.82) is 0 Å². The molecule has 2 aromatic rings. The zero-order valence-electron chi connectivity index (χ0n) is 17.7. The van der Waals surface area contributed by atoms with Crippen LogP contribution in [-0.2, 0) is 11.3 Å². The molecule has 0 bridgehead atoms. The van der Waals surface area contributed by atoms with Gasteiger partial charge in [0, 0.05) is 6.54 Å². The van der Waals surface area contributed by atoms with Crippen molar-refractivity contribution in [2.45, 2.75) is 59.8 Å². The molecule has 2 rings (SSSR count). The summed E-state index contributed by atoms with van der Waals surface area (Å²) in [6.07, 6.45) is 0.114. The molecule has 0 heterocycles. The van der Waals surface area contributed by atoms with E-state index in [1.165, 1.54) is 5.56 Å². The molecule has 5 nitrogen and oxygen atoms in total. The highest BCUT2D eigenvalue weighted by molar-refractivity contribution is 5.81. The van der Waals surface area contributed by atoms with Crippen molar-refractivity contribution in [3.63, 3.8) is 0 Å². The minimum Gasteiger partial charge on any atom is -0.493 e. The first-order valence-electron chi connectivity index (χ1n) is 9.69. The van der Waals surface area contributed by atoms with Crippen molar-refractivity contribution < 1.29 is 19.0 Å². The van der Waals surface area contributed by atoms with Crippen molar-refractivity contribution in [2.24, 2.45) is 0 Å². The van der Waals surface area contributed by atoms with Gasteiger partial charge in [-0.25, -0.2) is 0 Å². The topological polar surface area (TPSA) is 56.8 Å². The summed E-state index contributed by atoms with van der Waals surface area (Å²) >= 11 is 0. The van der Waals surface area contributed by atoms with Gasteiger partial charge in [0.25, 0.3) is 5.91 Å². The number of rotatable bonds is 9. The molecule has 0 aliphatic rings. The van der Waals surface area contributed by atoms with Crippen LogP contribution in [0.4, 0.5) is 0 Å². The number of aryl methyl sites for hydroxylation is 2. The minimum absolute atomic E-state index is 0.0622. The van der Waals surface area contributed by atoms with E-state index in [0.717, 1.165) is 16.9 Å². The summed E-state index contributed by atoms with van der Waals surface area (Å²) in [5, 5.41) is 2.95. The molecule has 152 valence electrons. The molecule has 0 radical (unpaired) electrons. The maximum Gasteiger partial charge on any atom is 0.261 e. The van der Waals surface area contributed by atoms with E-state index < -0.39 is 6.10 Å². The van der Waals surface area contributed by atoms with Crippen LogP contribution in [0.5, 0.6) is 17.2 Å². The van der Waals surface area contributed by atoms with Crippen molar-refractivity contribution >= 4 is 5.91 Å². The van der Waals surface area contributed by atoms with Crippen LogP contribution in [0, 0.1) is 13.8 Å². The quantitative estimate of drug-likeness (QED) is 0.687. The molecular formula is C23H31NO4. The first-order chi connectivity index (χ1) is 13.3. The second-order valence-electron chi connectivity index (χ2n) is 7.15. The Kier molecular flexibility index (Phi) is 7.73. The number of carbonyl (C=O) groups excluding carboxylic acids is 1. The van der Waals surface area contributed by atoms with Crippen molar-refractivity contribution in [3.8, 4) is 17.2 Å². The molecule has 0 fully saturated rings. The zero-order valence-corrected chi connectivity index (χ0v) is 17.7. The van der Waals surface area contributed by atoms with Gasteiger partial charge < -0.3 is 19.5 Å². The van der Waals surface area contributed by atoms with E-state index >= 15 is 0 Å². The lowest BCUT2D eigenvalue weighted by Gasteiger charge is -2.19. The molecule has 0 spiro atoms. The average molecular weight is 386 g/mol. The van der Waals surface area contributed by atoms with Crippen LogP contribution in [0.2, 0.25) is 0 Å². The molecule has 28 heavy (non-hydrogen) atoms. The number of hydrogen-bond donors (Lipinski definition) is 1. The number of methoxy groups -OCH3 is 1. The van der Waals surface area contributed by atoms with Gasteiger partial charge in [-0.2, -0.15) is 0 Å². The third-order valence-corrected chi connectivity index (χ3v) is 4.32. The summed E-state index contributed by atoms with van der Waals surface area (Å²) in [5.41, 5.74) is 3.13. The van der Waals surface area contributed by atoms with Crippen LogP contribution in [0.25, 0.3) is 0 Å².